The molecule has 2 heterocycles. The summed E-state index contributed by atoms with van der Waals surface area (Å²) in [7, 11) is 0. The van der Waals surface area contributed by atoms with Crippen LogP contribution in [0.3, 0.4) is 0 Å². The highest BCUT2D eigenvalue weighted by Crippen LogP contribution is 2.26. The zero-order chi connectivity index (χ0) is 17.3. The molecular formula is C21H28N2O. The van der Waals surface area contributed by atoms with Crippen molar-refractivity contribution in [3.8, 4) is 0 Å². The monoisotopic (exact) mass is 324 g/mol. The molecule has 0 saturated heterocycles. The molecule has 3 rings (SSSR count). The molecule has 2 aromatic rings. The lowest BCUT2D eigenvalue weighted by molar-refractivity contribution is -0.134. The maximum Gasteiger partial charge on any atom is 0.223 e. The van der Waals surface area contributed by atoms with Gasteiger partial charge in [0.15, 0.2) is 0 Å². The fraction of sp³-hybridized carbons (Fsp3) is 0.476. The van der Waals surface area contributed by atoms with Gasteiger partial charge in [0.05, 0.1) is 6.04 Å². The van der Waals surface area contributed by atoms with E-state index < -0.39 is 0 Å². The molecule has 0 saturated carbocycles. The Balaban J connectivity index is 1.60. The molecule has 0 unspecified atom stereocenters. The van der Waals surface area contributed by atoms with Gasteiger partial charge >= 0.3 is 0 Å². The summed E-state index contributed by atoms with van der Waals surface area (Å²) in [5.74, 6) is 0.259. The predicted octanol–water partition coefficient (Wildman–Crippen LogP) is 4.32. The van der Waals surface area contributed by atoms with Crippen molar-refractivity contribution >= 4 is 5.91 Å². The summed E-state index contributed by atoms with van der Waals surface area (Å²) in [5.41, 5.74) is 3.99. The molecule has 128 valence electrons. The Morgan fingerprint density at radius 2 is 1.83 bits per heavy atom. The molecule has 0 bridgehead atoms. The molecule has 3 nitrogen and oxygen atoms in total. The zero-order valence-electron chi connectivity index (χ0n) is 15.2. The highest BCUT2D eigenvalue weighted by Gasteiger charge is 2.26. The molecule has 1 atom stereocenters. The number of amides is 1. The third-order valence-corrected chi connectivity index (χ3v) is 5.11. The van der Waals surface area contributed by atoms with Gasteiger partial charge in [0.2, 0.25) is 5.91 Å². The van der Waals surface area contributed by atoms with Crippen LogP contribution < -0.4 is 0 Å². The standard InChI is InChI=1S/C21H28N2O/c1-16-19-6-5-13-22(19)14-15-23(16)20(24)12-9-17-7-10-18(11-8-17)21(2,3)4/h5-8,10-11,13,16H,9,12,14-15H2,1-4H3/t16-/m0/s1. The Labute approximate surface area is 145 Å². The summed E-state index contributed by atoms with van der Waals surface area (Å²) < 4.78 is 2.25. The maximum atomic E-state index is 12.7. The van der Waals surface area contributed by atoms with Crippen molar-refractivity contribution in [1.29, 1.82) is 0 Å². The number of fused-ring (bicyclic) bond motifs is 1. The third-order valence-electron chi connectivity index (χ3n) is 5.11. The maximum absolute atomic E-state index is 12.7. The van der Waals surface area contributed by atoms with Gasteiger partial charge in [-0.25, -0.2) is 0 Å². The number of nitrogens with zero attached hydrogens (tertiary/aromatic N) is 2. The van der Waals surface area contributed by atoms with Crippen molar-refractivity contribution in [2.24, 2.45) is 0 Å². The van der Waals surface area contributed by atoms with Crippen LogP contribution in [0.2, 0.25) is 0 Å². The van der Waals surface area contributed by atoms with Crippen LogP contribution in [0.4, 0.5) is 0 Å². The van der Waals surface area contributed by atoms with Crippen molar-refractivity contribution < 1.29 is 4.79 Å². The quantitative estimate of drug-likeness (QED) is 0.825. The first-order valence-corrected chi connectivity index (χ1v) is 8.90. The molecule has 1 amide bonds. The van der Waals surface area contributed by atoms with Crippen LogP contribution >= 0.6 is 0 Å². The van der Waals surface area contributed by atoms with Crippen LogP contribution in [-0.2, 0) is 23.2 Å². The van der Waals surface area contributed by atoms with Crippen molar-refractivity contribution in [3.05, 3.63) is 59.4 Å². The van der Waals surface area contributed by atoms with Gasteiger partial charge in [0.25, 0.3) is 0 Å². The van der Waals surface area contributed by atoms with Crippen molar-refractivity contribution in [2.75, 3.05) is 6.54 Å². The number of rotatable bonds is 3. The Hall–Kier alpha value is -2.03. The van der Waals surface area contributed by atoms with E-state index in [0.717, 1.165) is 19.5 Å². The van der Waals surface area contributed by atoms with E-state index in [1.54, 1.807) is 0 Å². The second kappa shape index (κ2) is 6.46. The average molecular weight is 324 g/mol. The minimum Gasteiger partial charge on any atom is -0.348 e. The number of aromatic nitrogens is 1. The fourth-order valence-electron chi connectivity index (χ4n) is 3.49. The molecule has 0 radical (unpaired) electrons. The Morgan fingerprint density at radius 3 is 2.50 bits per heavy atom. The van der Waals surface area contributed by atoms with Gasteiger partial charge in [-0.15, -0.1) is 0 Å². The normalized spacial score (nSPS) is 17.7. The smallest absolute Gasteiger partial charge is 0.223 e. The minimum absolute atomic E-state index is 0.171. The largest absolute Gasteiger partial charge is 0.348 e. The van der Waals surface area contributed by atoms with Gasteiger partial charge in [0.1, 0.15) is 0 Å². The van der Waals surface area contributed by atoms with Crippen LogP contribution in [-0.4, -0.2) is 21.9 Å². The van der Waals surface area contributed by atoms with Crippen molar-refractivity contribution in [2.45, 2.75) is 58.5 Å². The van der Waals surface area contributed by atoms with E-state index in [-0.39, 0.29) is 17.4 Å². The van der Waals surface area contributed by atoms with Crippen LogP contribution in [0.5, 0.6) is 0 Å². The number of carbonyl (C=O) groups is 1. The van der Waals surface area contributed by atoms with E-state index in [2.05, 4.69) is 74.9 Å². The van der Waals surface area contributed by atoms with Gasteiger partial charge in [-0.3, -0.25) is 4.79 Å². The highest BCUT2D eigenvalue weighted by atomic mass is 16.2. The summed E-state index contributed by atoms with van der Waals surface area (Å²) in [5, 5.41) is 0. The highest BCUT2D eigenvalue weighted by molar-refractivity contribution is 5.77. The van der Waals surface area contributed by atoms with E-state index in [4.69, 9.17) is 0 Å². The molecule has 24 heavy (non-hydrogen) atoms. The van der Waals surface area contributed by atoms with E-state index in [1.807, 2.05) is 4.90 Å². The van der Waals surface area contributed by atoms with Crippen molar-refractivity contribution in [1.82, 2.24) is 9.47 Å². The molecule has 1 aliphatic rings. The summed E-state index contributed by atoms with van der Waals surface area (Å²) in [6.07, 6.45) is 3.50. The van der Waals surface area contributed by atoms with Gasteiger partial charge in [-0.2, -0.15) is 0 Å². The molecule has 3 heteroatoms. The Morgan fingerprint density at radius 1 is 1.12 bits per heavy atom. The molecule has 0 fully saturated rings. The zero-order valence-corrected chi connectivity index (χ0v) is 15.2. The number of carbonyl (C=O) groups excluding carboxylic acids is 1. The van der Waals surface area contributed by atoms with Crippen LogP contribution in [0.15, 0.2) is 42.6 Å². The molecule has 0 aliphatic carbocycles. The number of hydrogen-bond donors (Lipinski definition) is 0. The number of benzene rings is 1. The van der Waals surface area contributed by atoms with Crippen LogP contribution in [0.25, 0.3) is 0 Å². The fourth-order valence-corrected chi connectivity index (χ4v) is 3.49. The molecular weight excluding hydrogens is 296 g/mol. The summed E-state index contributed by atoms with van der Waals surface area (Å²) in [4.78, 5) is 14.7. The second-order valence-electron chi connectivity index (χ2n) is 7.84. The van der Waals surface area contributed by atoms with E-state index in [9.17, 15) is 4.79 Å². The lowest BCUT2D eigenvalue weighted by Gasteiger charge is -2.35. The molecule has 1 aliphatic heterocycles. The molecule has 0 N–H and O–H groups in total. The lowest BCUT2D eigenvalue weighted by atomic mass is 9.86. The van der Waals surface area contributed by atoms with E-state index in [1.165, 1.54) is 16.8 Å². The van der Waals surface area contributed by atoms with Crippen LogP contribution in [0, 0.1) is 0 Å². The first-order valence-electron chi connectivity index (χ1n) is 8.90. The summed E-state index contributed by atoms with van der Waals surface area (Å²) in [6, 6.07) is 13.1. The molecule has 1 aromatic carbocycles. The molecule has 0 spiro atoms. The first kappa shape index (κ1) is 16.8. The average Bonchev–Trinajstić information content (AvgIpc) is 3.02. The third kappa shape index (κ3) is 3.40. The van der Waals surface area contributed by atoms with Gasteiger partial charge in [-0.05, 0) is 42.0 Å². The van der Waals surface area contributed by atoms with Gasteiger partial charge < -0.3 is 9.47 Å². The first-order chi connectivity index (χ1) is 11.4. The Kier molecular flexibility index (Phi) is 4.53. The predicted molar refractivity (Wildman–Crippen MR) is 98.0 cm³/mol. The summed E-state index contributed by atoms with van der Waals surface area (Å²) in [6.45, 7) is 10.5. The SMILES string of the molecule is C[C@H]1c2cccn2CCN1C(=O)CCc1ccc(C(C)(C)C)cc1. The van der Waals surface area contributed by atoms with Gasteiger partial charge in [0, 0.05) is 31.4 Å². The van der Waals surface area contributed by atoms with E-state index >= 15 is 0 Å². The number of hydrogen-bond acceptors (Lipinski definition) is 1. The minimum atomic E-state index is 0.171. The topological polar surface area (TPSA) is 25.2 Å². The summed E-state index contributed by atoms with van der Waals surface area (Å²) >= 11 is 0. The van der Waals surface area contributed by atoms with Crippen LogP contribution in [0.1, 0.15) is 57.0 Å². The van der Waals surface area contributed by atoms with E-state index in [0.29, 0.717) is 6.42 Å². The van der Waals surface area contributed by atoms with Gasteiger partial charge in [-0.1, -0.05) is 45.0 Å². The van der Waals surface area contributed by atoms with Crippen molar-refractivity contribution in [3.63, 3.8) is 0 Å². The Bertz CT molecular complexity index is 706. The molecule has 1 aromatic heterocycles. The lowest BCUT2D eigenvalue weighted by Crippen LogP contribution is -2.40. The second-order valence-corrected chi connectivity index (χ2v) is 7.84. The number of aryl methyl sites for hydroxylation is 1.